The molecule has 0 aliphatic carbocycles. The summed E-state index contributed by atoms with van der Waals surface area (Å²) in [4.78, 5) is 38.3. The standard InChI is InChI=1S/C23H16IN3O5/c24-18-11-15(7-10-20(18)32-13-14-5-8-16(9-6-14)22(29)30)12-25-27-21(28)17-3-1-2-4-19(17)26-23(27)31/h1-12H,13H2,(H,26,31)(H,29,30). The molecule has 32 heavy (non-hydrogen) atoms. The van der Waals surface area contributed by atoms with Gasteiger partial charge in [-0.1, -0.05) is 24.3 Å². The van der Waals surface area contributed by atoms with Gasteiger partial charge in [0.2, 0.25) is 0 Å². The average Bonchev–Trinajstić information content (AvgIpc) is 2.78. The Balaban J connectivity index is 1.51. The summed E-state index contributed by atoms with van der Waals surface area (Å²) in [6.45, 7) is 0.283. The van der Waals surface area contributed by atoms with Gasteiger partial charge in [0, 0.05) is 0 Å². The third kappa shape index (κ3) is 4.62. The van der Waals surface area contributed by atoms with Crippen LogP contribution in [-0.2, 0) is 6.61 Å². The molecular weight excluding hydrogens is 525 g/mol. The highest BCUT2D eigenvalue weighted by Gasteiger charge is 2.07. The number of carbonyl (C=O) groups is 1. The fourth-order valence-electron chi connectivity index (χ4n) is 3.00. The van der Waals surface area contributed by atoms with E-state index in [1.54, 1.807) is 48.5 Å². The fourth-order valence-corrected chi connectivity index (χ4v) is 3.70. The molecule has 0 amide bonds. The number of nitrogens with one attached hydrogen (secondary N) is 1. The summed E-state index contributed by atoms with van der Waals surface area (Å²) in [5.41, 5.74) is 1.09. The number of H-pyrrole nitrogens is 1. The van der Waals surface area contributed by atoms with Gasteiger partial charge in [-0.05, 0) is 76.2 Å². The summed E-state index contributed by atoms with van der Waals surface area (Å²) in [6, 6.07) is 18.6. The molecular formula is C23H16IN3O5. The van der Waals surface area contributed by atoms with E-state index in [4.69, 9.17) is 9.84 Å². The SMILES string of the molecule is O=C(O)c1ccc(COc2ccc(C=Nn3c(=O)[nH]c4ccccc4c3=O)cc2I)cc1. The van der Waals surface area contributed by atoms with Gasteiger partial charge >= 0.3 is 11.7 Å². The Morgan fingerprint density at radius 1 is 1.09 bits per heavy atom. The lowest BCUT2D eigenvalue weighted by atomic mass is 10.1. The Kier molecular flexibility index (Phi) is 6.17. The van der Waals surface area contributed by atoms with Gasteiger partial charge in [-0.3, -0.25) is 4.79 Å². The van der Waals surface area contributed by atoms with Gasteiger partial charge in [-0.25, -0.2) is 9.59 Å². The van der Waals surface area contributed by atoms with Crippen LogP contribution in [-0.4, -0.2) is 27.0 Å². The molecule has 0 saturated heterocycles. The van der Waals surface area contributed by atoms with Crippen molar-refractivity contribution in [1.29, 1.82) is 0 Å². The van der Waals surface area contributed by atoms with Crippen LogP contribution in [0.4, 0.5) is 0 Å². The first-order valence-electron chi connectivity index (χ1n) is 9.45. The third-order valence-corrected chi connectivity index (χ3v) is 5.50. The minimum absolute atomic E-state index is 0.219. The number of aromatic carboxylic acids is 1. The Morgan fingerprint density at radius 2 is 1.84 bits per heavy atom. The van der Waals surface area contributed by atoms with Crippen LogP contribution in [0.1, 0.15) is 21.5 Å². The number of carboxylic acids is 1. The molecule has 0 spiro atoms. The van der Waals surface area contributed by atoms with E-state index in [9.17, 15) is 14.4 Å². The molecule has 0 fully saturated rings. The second-order valence-corrected chi connectivity index (χ2v) is 7.98. The maximum atomic E-state index is 12.5. The van der Waals surface area contributed by atoms with Crippen LogP contribution in [0, 0.1) is 3.57 Å². The summed E-state index contributed by atoms with van der Waals surface area (Å²) in [5.74, 6) is -0.331. The number of fused-ring (bicyclic) bond motifs is 1. The fraction of sp³-hybridized carbons (Fsp3) is 0.0435. The smallest absolute Gasteiger partial charge is 0.349 e. The molecule has 8 nitrogen and oxygen atoms in total. The number of carboxylic acid groups (broad SMARTS) is 1. The van der Waals surface area contributed by atoms with Crippen LogP contribution in [0.5, 0.6) is 5.75 Å². The van der Waals surface area contributed by atoms with Gasteiger partial charge in [0.25, 0.3) is 5.56 Å². The topological polar surface area (TPSA) is 114 Å². The van der Waals surface area contributed by atoms with E-state index in [0.717, 1.165) is 13.8 Å². The predicted octanol–water partition coefficient (Wildman–Crippen LogP) is 3.45. The third-order valence-electron chi connectivity index (χ3n) is 4.66. The summed E-state index contributed by atoms with van der Waals surface area (Å²) in [7, 11) is 0. The maximum Gasteiger partial charge on any atom is 0.349 e. The highest BCUT2D eigenvalue weighted by Crippen LogP contribution is 2.23. The first kappa shape index (κ1) is 21.5. The molecule has 0 unspecified atom stereocenters. The van der Waals surface area contributed by atoms with Crippen LogP contribution in [0.25, 0.3) is 10.9 Å². The predicted molar refractivity (Wildman–Crippen MR) is 129 cm³/mol. The molecule has 0 bridgehead atoms. The number of hydrogen-bond donors (Lipinski definition) is 2. The molecule has 2 N–H and O–H groups in total. The lowest BCUT2D eigenvalue weighted by molar-refractivity contribution is 0.0697. The number of para-hydroxylation sites is 1. The second-order valence-electron chi connectivity index (χ2n) is 6.82. The van der Waals surface area contributed by atoms with Crippen molar-refractivity contribution in [2.45, 2.75) is 6.61 Å². The number of halogens is 1. The molecule has 1 heterocycles. The van der Waals surface area contributed by atoms with E-state index >= 15 is 0 Å². The Labute approximate surface area is 194 Å². The first-order valence-corrected chi connectivity index (χ1v) is 10.5. The molecule has 1 aromatic heterocycles. The van der Waals surface area contributed by atoms with E-state index < -0.39 is 17.2 Å². The Bertz CT molecular complexity index is 1460. The zero-order valence-electron chi connectivity index (χ0n) is 16.5. The van der Waals surface area contributed by atoms with Crippen molar-refractivity contribution in [2.75, 3.05) is 0 Å². The number of ether oxygens (including phenoxy) is 1. The lowest BCUT2D eigenvalue weighted by Gasteiger charge is -2.09. The Hall–Kier alpha value is -3.73. The Morgan fingerprint density at radius 3 is 2.56 bits per heavy atom. The maximum absolute atomic E-state index is 12.5. The minimum atomic E-state index is -0.975. The monoisotopic (exact) mass is 541 g/mol. The summed E-state index contributed by atoms with van der Waals surface area (Å²) in [5, 5.41) is 13.4. The summed E-state index contributed by atoms with van der Waals surface area (Å²) >= 11 is 2.12. The molecule has 0 atom stereocenters. The number of aromatic amines is 1. The van der Waals surface area contributed by atoms with Gasteiger partial charge in [-0.15, -0.1) is 4.68 Å². The highest BCUT2D eigenvalue weighted by molar-refractivity contribution is 14.1. The van der Waals surface area contributed by atoms with Crippen LogP contribution >= 0.6 is 22.6 Å². The molecule has 9 heteroatoms. The number of aromatic nitrogens is 2. The quantitative estimate of drug-likeness (QED) is 0.287. The van der Waals surface area contributed by atoms with Crippen molar-refractivity contribution in [2.24, 2.45) is 5.10 Å². The van der Waals surface area contributed by atoms with Crippen molar-refractivity contribution >= 4 is 45.7 Å². The largest absolute Gasteiger partial charge is 0.488 e. The zero-order valence-corrected chi connectivity index (χ0v) is 18.6. The molecule has 0 aliphatic heterocycles. The van der Waals surface area contributed by atoms with Crippen LogP contribution in [0.3, 0.4) is 0 Å². The molecule has 4 aromatic rings. The number of hydrogen-bond acceptors (Lipinski definition) is 5. The molecule has 0 saturated carbocycles. The van der Waals surface area contributed by atoms with E-state index in [1.807, 2.05) is 6.07 Å². The van der Waals surface area contributed by atoms with Gasteiger partial charge < -0.3 is 14.8 Å². The van der Waals surface area contributed by atoms with E-state index in [-0.39, 0.29) is 12.2 Å². The van der Waals surface area contributed by atoms with Crippen molar-refractivity contribution in [3.63, 3.8) is 0 Å². The van der Waals surface area contributed by atoms with Crippen LogP contribution < -0.4 is 16.0 Å². The summed E-state index contributed by atoms with van der Waals surface area (Å²) in [6.07, 6.45) is 1.43. The van der Waals surface area contributed by atoms with Crippen molar-refractivity contribution < 1.29 is 14.6 Å². The lowest BCUT2D eigenvalue weighted by Crippen LogP contribution is -2.32. The van der Waals surface area contributed by atoms with Crippen LogP contribution in [0.2, 0.25) is 0 Å². The zero-order chi connectivity index (χ0) is 22.7. The van der Waals surface area contributed by atoms with Crippen molar-refractivity contribution in [3.8, 4) is 5.75 Å². The van der Waals surface area contributed by atoms with E-state index in [0.29, 0.717) is 22.2 Å². The van der Waals surface area contributed by atoms with E-state index in [1.165, 1.54) is 18.3 Å². The number of rotatable bonds is 6. The summed E-state index contributed by atoms with van der Waals surface area (Å²) < 4.78 is 7.42. The van der Waals surface area contributed by atoms with Gasteiger partial charge in [0.15, 0.2) is 0 Å². The van der Waals surface area contributed by atoms with Gasteiger partial charge in [0.05, 0.1) is 26.3 Å². The highest BCUT2D eigenvalue weighted by atomic mass is 127. The van der Waals surface area contributed by atoms with Crippen LogP contribution in [0.15, 0.2) is 81.4 Å². The molecule has 4 rings (SSSR count). The van der Waals surface area contributed by atoms with Gasteiger partial charge in [-0.2, -0.15) is 5.10 Å². The minimum Gasteiger partial charge on any atom is -0.488 e. The normalized spacial score (nSPS) is 11.2. The molecule has 0 radical (unpaired) electrons. The van der Waals surface area contributed by atoms with Crippen molar-refractivity contribution in [1.82, 2.24) is 9.66 Å². The molecule has 160 valence electrons. The van der Waals surface area contributed by atoms with Gasteiger partial charge in [0.1, 0.15) is 12.4 Å². The molecule has 0 aliphatic rings. The number of nitrogens with zero attached hydrogens (tertiary/aromatic N) is 2. The first-order chi connectivity index (χ1) is 15.4. The average molecular weight is 541 g/mol. The van der Waals surface area contributed by atoms with E-state index in [2.05, 4.69) is 32.7 Å². The number of benzene rings is 3. The molecule has 3 aromatic carbocycles. The second kappa shape index (κ2) is 9.18. The van der Waals surface area contributed by atoms with Crippen molar-refractivity contribution in [3.05, 3.63) is 108 Å².